The summed E-state index contributed by atoms with van der Waals surface area (Å²) in [5, 5.41) is 17.9. The molecule has 0 fully saturated rings. The lowest BCUT2D eigenvalue weighted by Crippen LogP contribution is -2.32. The zero-order chi connectivity index (χ0) is 18.0. The van der Waals surface area contributed by atoms with E-state index in [1.54, 1.807) is 18.2 Å². The smallest absolute Gasteiger partial charge is 0.325 e. The fraction of sp³-hybridized carbons (Fsp3) is 0.200. The number of halogens is 1. The van der Waals surface area contributed by atoms with Crippen molar-refractivity contribution in [2.75, 3.05) is 10.6 Å². The van der Waals surface area contributed by atoms with E-state index in [0.29, 0.717) is 10.7 Å². The van der Waals surface area contributed by atoms with Crippen LogP contribution in [0, 0.1) is 0 Å². The van der Waals surface area contributed by atoms with Crippen molar-refractivity contribution >= 4 is 52.7 Å². The van der Waals surface area contributed by atoms with E-state index in [0.717, 1.165) is 4.90 Å². The molecule has 1 aromatic carbocycles. The molecule has 3 rings (SSSR count). The first kappa shape index (κ1) is 17.3. The Morgan fingerprint density at radius 2 is 2.20 bits per heavy atom. The van der Waals surface area contributed by atoms with Gasteiger partial charge in [0.25, 0.3) is 0 Å². The summed E-state index contributed by atoms with van der Waals surface area (Å²) in [5.41, 5.74) is 0.631. The molecule has 1 aliphatic heterocycles. The highest BCUT2D eigenvalue weighted by Gasteiger charge is 2.29. The molecule has 0 unspecified atom stereocenters. The summed E-state index contributed by atoms with van der Waals surface area (Å²) in [7, 11) is 0. The van der Waals surface area contributed by atoms with Crippen LogP contribution in [0.3, 0.4) is 0 Å². The van der Waals surface area contributed by atoms with Crippen LogP contribution in [-0.4, -0.2) is 37.9 Å². The van der Waals surface area contributed by atoms with Crippen molar-refractivity contribution in [3.8, 4) is 0 Å². The highest BCUT2D eigenvalue weighted by molar-refractivity contribution is 8.01. The van der Waals surface area contributed by atoms with E-state index >= 15 is 0 Å². The number of carboxylic acid groups (broad SMARTS) is 1. The Labute approximate surface area is 151 Å². The number of carboxylic acids is 1. The number of nitrogens with zero attached hydrogens (tertiary/aromatic N) is 2. The van der Waals surface area contributed by atoms with Gasteiger partial charge in [-0.05, 0) is 18.2 Å². The van der Waals surface area contributed by atoms with Crippen LogP contribution in [0.4, 0.5) is 11.5 Å². The number of aromatic nitrogens is 2. The van der Waals surface area contributed by atoms with Crippen LogP contribution < -0.4 is 10.6 Å². The summed E-state index contributed by atoms with van der Waals surface area (Å²) in [5.74, 6) is -1.45. The molecule has 0 aliphatic carbocycles. The van der Waals surface area contributed by atoms with Crippen molar-refractivity contribution in [1.29, 1.82) is 0 Å². The largest absolute Gasteiger partial charge is 0.480 e. The van der Waals surface area contributed by atoms with E-state index in [1.165, 1.54) is 28.7 Å². The highest BCUT2D eigenvalue weighted by Crippen LogP contribution is 2.38. The Kier molecular flexibility index (Phi) is 4.95. The third kappa shape index (κ3) is 4.31. The highest BCUT2D eigenvalue weighted by atomic mass is 35.5. The molecule has 0 bridgehead atoms. The number of fused-ring (bicyclic) bond motifs is 1. The van der Waals surface area contributed by atoms with Crippen LogP contribution in [0.2, 0.25) is 5.02 Å². The van der Waals surface area contributed by atoms with E-state index < -0.39 is 11.2 Å². The lowest BCUT2D eigenvalue weighted by Gasteiger charge is -2.23. The summed E-state index contributed by atoms with van der Waals surface area (Å²) in [4.78, 5) is 35.7. The van der Waals surface area contributed by atoms with Gasteiger partial charge in [-0.25, -0.2) is 0 Å². The molecular weight excluding hydrogens is 368 g/mol. The maximum Gasteiger partial charge on any atom is 0.325 e. The fourth-order valence-electron chi connectivity index (χ4n) is 2.27. The zero-order valence-corrected chi connectivity index (χ0v) is 14.3. The first-order chi connectivity index (χ1) is 11.9. The van der Waals surface area contributed by atoms with Crippen molar-refractivity contribution < 1.29 is 19.5 Å². The number of carbonyl (C=O) groups is 3. The molecule has 10 heteroatoms. The van der Waals surface area contributed by atoms with Gasteiger partial charge < -0.3 is 15.7 Å². The minimum Gasteiger partial charge on any atom is -0.480 e. The van der Waals surface area contributed by atoms with E-state index in [1.807, 2.05) is 0 Å². The second kappa shape index (κ2) is 7.16. The molecule has 0 saturated carbocycles. The van der Waals surface area contributed by atoms with Crippen LogP contribution in [0.1, 0.15) is 6.42 Å². The summed E-state index contributed by atoms with van der Waals surface area (Å²) in [6, 6.07) is 6.66. The number of carbonyl (C=O) groups excluding carboxylic acids is 2. The number of nitrogens with one attached hydrogen (secondary N) is 2. The number of hydrogen-bond acceptors (Lipinski definition) is 5. The van der Waals surface area contributed by atoms with Crippen molar-refractivity contribution in [2.45, 2.75) is 23.1 Å². The van der Waals surface area contributed by atoms with E-state index in [2.05, 4.69) is 15.7 Å². The number of aliphatic carboxylic acids is 1. The minimum atomic E-state index is -1.03. The maximum atomic E-state index is 12.1. The summed E-state index contributed by atoms with van der Waals surface area (Å²) in [6.45, 7) is -0.296. The normalized spacial score (nSPS) is 16.0. The quantitative estimate of drug-likeness (QED) is 0.731. The monoisotopic (exact) mass is 380 g/mol. The molecule has 0 spiro atoms. The van der Waals surface area contributed by atoms with Gasteiger partial charge in [-0.3, -0.25) is 19.1 Å². The number of rotatable bonds is 5. The topological polar surface area (TPSA) is 113 Å². The van der Waals surface area contributed by atoms with Gasteiger partial charge in [0.1, 0.15) is 6.54 Å². The van der Waals surface area contributed by atoms with Crippen LogP contribution in [0.25, 0.3) is 0 Å². The number of benzene rings is 1. The Bertz CT molecular complexity index is 854. The molecule has 2 amide bonds. The van der Waals surface area contributed by atoms with Crippen molar-refractivity contribution in [3.05, 3.63) is 35.5 Å². The molecule has 2 heterocycles. The molecule has 3 N–H and O–H groups in total. The van der Waals surface area contributed by atoms with Gasteiger partial charge in [-0.15, -0.1) is 11.8 Å². The lowest BCUT2D eigenvalue weighted by molar-refractivity contribution is -0.137. The number of anilines is 2. The van der Waals surface area contributed by atoms with Gasteiger partial charge in [0.05, 0.1) is 10.9 Å². The van der Waals surface area contributed by atoms with Gasteiger partial charge in [-0.1, -0.05) is 11.6 Å². The fourth-order valence-corrected chi connectivity index (χ4v) is 3.54. The van der Waals surface area contributed by atoms with Crippen LogP contribution in [0.15, 0.2) is 35.4 Å². The molecule has 1 aromatic heterocycles. The first-order valence-corrected chi connectivity index (χ1v) is 8.48. The van der Waals surface area contributed by atoms with Crippen LogP contribution in [0.5, 0.6) is 0 Å². The van der Waals surface area contributed by atoms with E-state index in [4.69, 9.17) is 16.7 Å². The van der Waals surface area contributed by atoms with Gasteiger partial charge in [0.15, 0.2) is 5.82 Å². The van der Waals surface area contributed by atoms with E-state index in [-0.39, 0.29) is 30.6 Å². The minimum absolute atomic E-state index is 0.0373. The summed E-state index contributed by atoms with van der Waals surface area (Å²) >= 11 is 7.19. The molecule has 2 aromatic rings. The molecule has 130 valence electrons. The maximum absolute atomic E-state index is 12.1. The molecule has 8 nitrogen and oxygen atoms in total. The number of hydrogen-bond donors (Lipinski definition) is 3. The molecule has 0 radical (unpaired) electrons. The second-order valence-corrected chi connectivity index (χ2v) is 6.96. The first-order valence-electron chi connectivity index (χ1n) is 7.23. The van der Waals surface area contributed by atoms with Crippen molar-refractivity contribution in [3.63, 3.8) is 0 Å². The average molecular weight is 381 g/mol. The SMILES string of the molecule is O=C(O)Cn1ccc(NC(=O)C[C@@H]2Sc3ccc(Cl)cc3NC2=O)n1. The third-order valence-corrected chi connectivity index (χ3v) is 4.85. The standard InChI is InChI=1S/C15H13ClN4O4S/c16-8-1-2-10-9(5-8)17-15(24)11(25-10)6-13(21)18-12-3-4-20(19-12)7-14(22)23/h1-5,11H,6-7H2,(H,17,24)(H,22,23)(H,18,19,21)/t11-/m0/s1. The van der Waals surface area contributed by atoms with Crippen LogP contribution >= 0.6 is 23.4 Å². The zero-order valence-electron chi connectivity index (χ0n) is 12.7. The van der Waals surface area contributed by atoms with Gasteiger partial charge in [-0.2, -0.15) is 5.10 Å². The molecular formula is C15H13ClN4O4S. The molecule has 1 atom stereocenters. The molecule has 1 aliphatic rings. The summed E-state index contributed by atoms with van der Waals surface area (Å²) < 4.78 is 1.19. The number of thioether (sulfide) groups is 1. The van der Waals surface area contributed by atoms with Crippen LogP contribution in [-0.2, 0) is 20.9 Å². The van der Waals surface area contributed by atoms with Gasteiger partial charge in [0, 0.05) is 28.6 Å². The Morgan fingerprint density at radius 3 is 2.96 bits per heavy atom. The van der Waals surface area contributed by atoms with Crippen molar-refractivity contribution in [1.82, 2.24) is 9.78 Å². The molecule has 0 saturated heterocycles. The van der Waals surface area contributed by atoms with Gasteiger partial charge in [0.2, 0.25) is 11.8 Å². The van der Waals surface area contributed by atoms with E-state index in [9.17, 15) is 14.4 Å². The second-order valence-electron chi connectivity index (χ2n) is 5.28. The Hall–Kier alpha value is -2.52. The predicted molar refractivity (Wildman–Crippen MR) is 92.8 cm³/mol. The lowest BCUT2D eigenvalue weighted by atomic mass is 10.2. The average Bonchev–Trinajstić information content (AvgIpc) is 2.94. The number of amides is 2. The third-order valence-electron chi connectivity index (χ3n) is 3.34. The van der Waals surface area contributed by atoms with Crippen molar-refractivity contribution in [2.24, 2.45) is 0 Å². The predicted octanol–water partition coefficient (Wildman–Crippen LogP) is 2.06. The Balaban J connectivity index is 1.61. The summed E-state index contributed by atoms with van der Waals surface area (Å²) in [6.07, 6.45) is 1.41. The Morgan fingerprint density at radius 1 is 1.40 bits per heavy atom. The molecule has 25 heavy (non-hydrogen) atoms. The van der Waals surface area contributed by atoms with Gasteiger partial charge >= 0.3 is 5.97 Å².